The molecule has 0 aromatic heterocycles. The minimum atomic E-state index is -0.655. The van der Waals surface area contributed by atoms with E-state index in [1.165, 1.54) is 12.2 Å². The van der Waals surface area contributed by atoms with Crippen LogP contribution in [0, 0.1) is 0 Å². The van der Waals surface area contributed by atoms with Crippen molar-refractivity contribution in [2.75, 3.05) is 18.5 Å². The summed E-state index contributed by atoms with van der Waals surface area (Å²) in [7, 11) is 0. The number of halogens is 2. The summed E-state index contributed by atoms with van der Waals surface area (Å²) in [6.45, 7) is 2.06. The molecule has 0 radical (unpaired) electrons. The summed E-state index contributed by atoms with van der Waals surface area (Å²) in [5, 5.41) is 3.54. The zero-order valence-electron chi connectivity index (χ0n) is 14.0. The smallest absolute Gasteiger partial charge is 0.331 e. The maximum Gasteiger partial charge on any atom is 0.331 e. The minimum Gasteiger partial charge on any atom is -0.494 e. The SMILES string of the molecule is CCOc1ccc(NC(=O)COC(=O)C=Cc2ccc(Cl)cc2Cl)cc1. The molecular weight excluding hydrogens is 377 g/mol. The normalized spacial score (nSPS) is 10.6. The van der Waals surface area contributed by atoms with Crippen LogP contribution in [0.4, 0.5) is 5.69 Å². The maximum atomic E-state index is 11.8. The Morgan fingerprint density at radius 3 is 2.50 bits per heavy atom. The second-order valence-corrected chi connectivity index (χ2v) is 5.96. The van der Waals surface area contributed by atoms with Gasteiger partial charge in [0.25, 0.3) is 5.91 Å². The van der Waals surface area contributed by atoms with Crippen LogP contribution in [0.15, 0.2) is 48.5 Å². The third kappa shape index (κ3) is 6.43. The molecule has 0 saturated carbocycles. The number of esters is 1. The Hall–Kier alpha value is -2.50. The monoisotopic (exact) mass is 393 g/mol. The van der Waals surface area contributed by atoms with Crippen molar-refractivity contribution in [3.8, 4) is 5.75 Å². The van der Waals surface area contributed by atoms with Gasteiger partial charge < -0.3 is 14.8 Å². The van der Waals surface area contributed by atoms with Gasteiger partial charge in [-0.3, -0.25) is 4.79 Å². The van der Waals surface area contributed by atoms with Gasteiger partial charge in [0.15, 0.2) is 6.61 Å². The van der Waals surface area contributed by atoms with E-state index in [9.17, 15) is 9.59 Å². The van der Waals surface area contributed by atoms with Crippen molar-refractivity contribution in [1.29, 1.82) is 0 Å². The molecule has 0 atom stereocenters. The summed E-state index contributed by atoms with van der Waals surface area (Å²) in [5.74, 6) is -0.388. The number of rotatable bonds is 7. The van der Waals surface area contributed by atoms with Gasteiger partial charge in [-0.05, 0) is 55.0 Å². The van der Waals surface area contributed by atoms with E-state index >= 15 is 0 Å². The Morgan fingerprint density at radius 2 is 1.85 bits per heavy atom. The lowest BCUT2D eigenvalue weighted by atomic mass is 10.2. The molecule has 0 aliphatic rings. The summed E-state index contributed by atoms with van der Waals surface area (Å²) < 4.78 is 10.2. The number of hydrogen-bond donors (Lipinski definition) is 1. The van der Waals surface area contributed by atoms with Crippen LogP contribution in [-0.2, 0) is 14.3 Å². The lowest BCUT2D eigenvalue weighted by Gasteiger charge is -2.07. The highest BCUT2D eigenvalue weighted by Crippen LogP contribution is 2.22. The van der Waals surface area contributed by atoms with E-state index in [2.05, 4.69) is 5.32 Å². The molecule has 0 aliphatic carbocycles. The summed E-state index contributed by atoms with van der Waals surface area (Å²) >= 11 is 11.8. The molecule has 0 bridgehead atoms. The Labute approximate surface area is 161 Å². The van der Waals surface area contributed by atoms with E-state index in [1.807, 2.05) is 6.92 Å². The van der Waals surface area contributed by atoms with Crippen molar-refractivity contribution in [1.82, 2.24) is 0 Å². The molecule has 0 unspecified atom stereocenters. The Balaban J connectivity index is 1.80. The van der Waals surface area contributed by atoms with Crippen molar-refractivity contribution >= 4 is 46.8 Å². The first-order valence-electron chi connectivity index (χ1n) is 7.80. The first-order chi connectivity index (χ1) is 12.5. The second-order valence-electron chi connectivity index (χ2n) is 5.11. The fourth-order valence-electron chi connectivity index (χ4n) is 1.98. The molecule has 0 aliphatic heterocycles. The number of benzene rings is 2. The van der Waals surface area contributed by atoms with E-state index in [4.69, 9.17) is 32.7 Å². The molecule has 0 heterocycles. The molecule has 7 heteroatoms. The third-order valence-electron chi connectivity index (χ3n) is 3.16. The molecule has 2 aromatic rings. The van der Waals surface area contributed by atoms with E-state index in [1.54, 1.807) is 42.5 Å². The predicted molar refractivity (Wildman–Crippen MR) is 103 cm³/mol. The van der Waals surface area contributed by atoms with Crippen LogP contribution in [0.25, 0.3) is 6.08 Å². The second kappa shape index (κ2) is 9.85. The first kappa shape index (κ1) is 19.8. The van der Waals surface area contributed by atoms with Crippen LogP contribution in [0.1, 0.15) is 12.5 Å². The number of nitrogens with one attached hydrogen (secondary N) is 1. The standard InChI is InChI=1S/C19H17Cl2NO4/c1-2-25-16-8-6-15(7-9-16)22-18(23)12-26-19(24)10-4-13-3-5-14(20)11-17(13)21/h3-11H,2,12H2,1H3,(H,22,23). The van der Waals surface area contributed by atoms with Gasteiger partial charge in [0.2, 0.25) is 0 Å². The van der Waals surface area contributed by atoms with Crippen LogP contribution < -0.4 is 10.1 Å². The Bertz CT molecular complexity index is 804. The van der Waals surface area contributed by atoms with Gasteiger partial charge in [-0.25, -0.2) is 4.79 Å². The Morgan fingerprint density at radius 1 is 1.12 bits per heavy atom. The van der Waals surface area contributed by atoms with Crippen molar-refractivity contribution in [2.24, 2.45) is 0 Å². The lowest BCUT2D eigenvalue weighted by Crippen LogP contribution is -2.20. The molecule has 136 valence electrons. The van der Waals surface area contributed by atoms with E-state index in [-0.39, 0.29) is 0 Å². The lowest BCUT2D eigenvalue weighted by molar-refractivity contribution is -0.142. The molecule has 1 amide bonds. The van der Waals surface area contributed by atoms with Gasteiger partial charge in [0.05, 0.1) is 6.61 Å². The van der Waals surface area contributed by atoms with Crippen LogP contribution in [0.5, 0.6) is 5.75 Å². The molecule has 0 spiro atoms. The number of amides is 1. The van der Waals surface area contributed by atoms with Gasteiger partial charge in [0, 0.05) is 21.8 Å². The molecule has 2 rings (SSSR count). The highest BCUT2D eigenvalue weighted by Gasteiger charge is 2.06. The average molecular weight is 394 g/mol. The highest BCUT2D eigenvalue weighted by molar-refractivity contribution is 6.35. The van der Waals surface area contributed by atoms with Crippen LogP contribution >= 0.6 is 23.2 Å². The topological polar surface area (TPSA) is 64.6 Å². The van der Waals surface area contributed by atoms with Crippen molar-refractivity contribution < 1.29 is 19.1 Å². The number of hydrogen-bond acceptors (Lipinski definition) is 4. The van der Waals surface area contributed by atoms with Gasteiger partial charge >= 0.3 is 5.97 Å². The number of ether oxygens (including phenoxy) is 2. The minimum absolute atomic E-state index is 0.398. The summed E-state index contributed by atoms with van der Waals surface area (Å²) in [4.78, 5) is 23.5. The Kier molecular flexibility index (Phi) is 7.51. The number of carbonyl (C=O) groups excluding carboxylic acids is 2. The third-order valence-corrected chi connectivity index (χ3v) is 3.72. The molecule has 0 saturated heterocycles. The molecule has 5 nitrogen and oxygen atoms in total. The average Bonchev–Trinajstić information content (AvgIpc) is 2.61. The summed E-state index contributed by atoms with van der Waals surface area (Å²) in [6.07, 6.45) is 2.69. The van der Waals surface area contributed by atoms with Crippen molar-refractivity contribution in [3.05, 3.63) is 64.1 Å². The quantitative estimate of drug-likeness (QED) is 0.551. The number of carbonyl (C=O) groups is 2. The van der Waals surface area contributed by atoms with E-state index in [0.29, 0.717) is 33.7 Å². The van der Waals surface area contributed by atoms with Gasteiger partial charge in [-0.1, -0.05) is 29.3 Å². The van der Waals surface area contributed by atoms with Crippen LogP contribution in [0.3, 0.4) is 0 Å². The predicted octanol–water partition coefficient (Wildman–Crippen LogP) is 4.59. The maximum absolute atomic E-state index is 11.8. The van der Waals surface area contributed by atoms with Crippen LogP contribution in [0.2, 0.25) is 10.0 Å². The highest BCUT2D eigenvalue weighted by atomic mass is 35.5. The largest absolute Gasteiger partial charge is 0.494 e. The van der Waals surface area contributed by atoms with Gasteiger partial charge in [-0.15, -0.1) is 0 Å². The fraction of sp³-hybridized carbons (Fsp3) is 0.158. The molecule has 26 heavy (non-hydrogen) atoms. The zero-order valence-corrected chi connectivity index (χ0v) is 15.5. The molecule has 0 fully saturated rings. The van der Waals surface area contributed by atoms with Crippen molar-refractivity contribution in [2.45, 2.75) is 6.92 Å². The molecule has 2 aromatic carbocycles. The first-order valence-corrected chi connectivity index (χ1v) is 8.56. The number of anilines is 1. The van der Waals surface area contributed by atoms with Gasteiger partial charge in [0.1, 0.15) is 5.75 Å². The van der Waals surface area contributed by atoms with Crippen molar-refractivity contribution in [3.63, 3.8) is 0 Å². The van der Waals surface area contributed by atoms with E-state index < -0.39 is 18.5 Å². The van der Waals surface area contributed by atoms with Crippen LogP contribution in [-0.4, -0.2) is 25.1 Å². The summed E-state index contributed by atoms with van der Waals surface area (Å²) in [6, 6.07) is 11.8. The van der Waals surface area contributed by atoms with E-state index in [0.717, 1.165) is 0 Å². The zero-order chi connectivity index (χ0) is 18.9. The summed E-state index contributed by atoms with van der Waals surface area (Å²) in [5.41, 5.74) is 1.20. The molecular formula is C19H17Cl2NO4. The fourth-order valence-corrected chi connectivity index (χ4v) is 2.45. The molecule has 1 N–H and O–H groups in total. The van der Waals surface area contributed by atoms with Gasteiger partial charge in [-0.2, -0.15) is 0 Å².